The number of para-hydroxylation sites is 1. The van der Waals surface area contributed by atoms with E-state index in [4.69, 9.17) is 11.5 Å². The molecule has 0 aliphatic carbocycles. The summed E-state index contributed by atoms with van der Waals surface area (Å²) in [4.78, 5) is 15.4. The number of nitrogens with zero attached hydrogens (tertiary/aromatic N) is 3. The highest BCUT2D eigenvalue weighted by molar-refractivity contribution is 6.02. The van der Waals surface area contributed by atoms with Gasteiger partial charge in [-0.3, -0.25) is 4.79 Å². The largest absolute Gasteiger partial charge is 0.370 e. The first-order valence-corrected chi connectivity index (χ1v) is 5.89. The Morgan fingerprint density at radius 1 is 1.30 bits per heavy atom. The van der Waals surface area contributed by atoms with Crippen molar-refractivity contribution in [3.05, 3.63) is 47.8 Å². The number of aromatic nitrogens is 2. The second-order valence-electron chi connectivity index (χ2n) is 3.96. The van der Waals surface area contributed by atoms with Gasteiger partial charge in [0.05, 0.1) is 16.9 Å². The zero-order valence-electron chi connectivity index (χ0n) is 11.0. The van der Waals surface area contributed by atoms with Gasteiger partial charge in [0.15, 0.2) is 5.96 Å². The molecule has 0 saturated heterocycles. The molecule has 0 unspecified atom stereocenters. The molecule has 106 valence electrons. The summed E-state index contributed by atoms with van der Waals surface area (Å²) in [7, 11) is 0. The number of guanidine groups is 1. The first-order valence-electron chi connectivity index (χ1n) is 5.89. The lowest BCUT2D eigenvalue weighted by atomic mass is 10.2. The molecule has 2 aromatic rings. The summed E-state index contributed by atoms with van der Waals surface area (Å²) in [5.41, 5.74) is 12.4. The molecule has 7 heteroatoms. The van der Waals surface area contributed by atoms with Crippen molar-refractivity contribution in [2.45, 2.75) is 13.3 Å². The Bertz CT molecular complexity index is 617. The predicted octanol–water partition coefficient (Wildman–Crippen LogP) is 1.27. The average molecular weight is 294 g/mol. The summed E-state index contributed by atoms with van der Waals surface area (Å²) < 4.78 is 1.65. The first-order chi connectivity index (χ1) is 9.11. The molecule has 0 radical (unpaired) electrons. The second-order valence-corrected chi connectivity index (χ2v) is 3.96. The molecule has 0 bridgehead atoms. The van der Waals surface area contributed by atoms with Crippen molar-refractivity contribution >= 4 is 24.3 Å². The zero-order chi connectivity index (χ0) is 13.8. The number of nitrogens with two attached hydrogens (primary N) is 2. The third-order valence-electron chi connectivity index (χ3n) is 2.61. The second kappa shape index (κ2) is 6.72. The van der Waals surface area contributed by atoms with E-state index in [9.17, 15) is 4.79 Å². The van der Waals surface area contributed by atoms with E-state index in [2.05, 4.69) is 10.1 Å². The highest BCUT2D eigenvalue weighted by Crippen LogP contribution is 2.14. The van der Waals surface area contributed by atoms with Gasteiger partial charge in [-0.2, -0.15) is 10.1 Å². The van der Waals surface area contributed by atoms with E-state index in [1.165, 1.54) is 0 Å². The topological polar surface area (TPSA) is 99.3 Å². The number of rotatable bonds is 3. The minimum atomic E-state index is -0.473. The van der Waals surface area contributed by atoms with E-state index in [0.717, 1.165) is 5.69 Å². The van der Waals surface area contributed by atoms with Gasteiger partial charge in [-0.15, -0.1) is 12.4 Å². The normalized spacial score (nSPS) is 9.65. The number of amides is 1. The molecule has 0 aliphatic rings. The SMILES string of the molecule is CCc1nn(-c2ccccc2)cc1C(=O)N=C(N)N.Cl. The molecule has 2 rings (SSSR count). The Morgan fingerprint density at radius 2 is 1.95 bits per heavy atom. The van der Waals surface area contributed by atoms with Gasteiger partial charge in [-0.05, 0) is 18.6 Å². The fraction of sp³-hybridized carbons (Fsp3) is 0.154. The van der Waals surface area contributed by atoms with Crippen LogP contribution in [0.2, 0.25) is 0 Å². The molecule has 1 amide bonds. The van der Waals surface area contributed by atoms with Crippen LogP contribution in [-0.2, 0) is 6.42 Å². The van der Waals surface area contributed by atoms with Crippen LogP contribution in [0.15, 0.2) is 41.5 Å². The van der Waals surface area contributed by atoms with Crippen LogP contribution >= 0.6 is 12.4 Å². The van der Waals surface area contributed by atoms with Crippen molar-refractivity contribution in [3.63, 3.8) is 0 Å². The fourth-order valence-corrected chi connectivity index (χ4v) is 1.74. The van der Waals surface area contributed by atoms with Crippen molar-refractivity contribution in [3.8, 4) is 5.69 Å². The van der Waals surface area contributed by atoms with Crippen LogP contribution in [0.5, 0.6) is 0 Å². The van der Waals surface area contributed by atoms with E-state index in [-0.39, 0.29) is 18.4 Å². The molecule has 1 aromatic carbocycles. The molecule has 0 atom stereocenters. The van der Waals surface area contributed by atoms with Gasteiger partial charge in [0.25, 0.3) is 5.91 Å². The number of aliphatic imine (C=N–C) groups is 1. The van der Waals surface area contributed by atoms with E-state index < -0.39 is 5.91 Å². The number of hydrogen-bond donors (Lipinski definition) is 2. The highest BCUT2D eigenvalue weighted by atomic mass is 35.5. The van der Waals surface area contributed by atoms with Crippen molar-refractivity contribution in [2.24, 2.45) is 16.5 Å². The van der Waals surface area contributed by atoms with E-state index in [0.29, 0.717) is 17.7 Å². The molecule has 0 spiro atoms. The summed E-state index contributed by atoms with van der Waals surface area (Å²) in [5, 5.41) is 4.37. The number of hydrogen-bond acceptors (Lipinski definition) is 2. The number of carbonyl (C=O) groups excluding carboxylic acids is 1. The van der Waals surface area contributed by atoms with Crippen LogP contribution in [0.1, 0.15) is 23.0 Å². The van der Waals surface area contributed by atoms with Crippen LogP contribution < -0.4 is 11.5 Å². The third-order valence-corrected chi connectivity index (χ3v) is 2.61. The quantitative estimate of drug-likeness (QED) is 0.657. The molecule has 0 fully saturated rings. The maximum Gasteiger partial charge on any atom is 0.283 e. The maximum atomic E-state index is 11.9. The van der Waals surface area contributed by atoms with Crippen LogP contribution in [-0.4, -0.2) is 21.6 Å². The van der Waals surface area contributed by atoms with Crippen molar-refractivity contribution in [1.29, 1.82) is 0 Å². The van der Waals surface area contributed by atoms with E-state index >= 15 is 0 Å². The predicted molar refractivity (Wildman–Crippen MR) is 80.3 cm³/mol. The molecular weight excluding hydrogens is 278 g/mol. The van der Waals surface area contributed by atoms with Gasteiger partial charge in [0.1, 0.15) is 0 Å². The molecule has 4 N–H and O–H groups in total. The number of carbonyl (C=O) groups is 1. The lowest BCUT2D eigenvalue weighted by Crippen LogP contribution is -2.24. The molecule has 1 heterocycles. The number of halogens is 1. The number of aryl methyl sites for hydroxylation is 1. The molecule has 0 saturated carbocycles. The van der Waals surface area contributed by atoms with Crippen LogP contribution in [0, 0.1) is 0 Å². The first kappa shape index (κ1) is 15.7. The molecule has 1 aromatic heterocycles. The Morgan fingerprint density at radius 3 is 2.50 bits per heavy atom. The standard InChI is InChI=1S/C13H15N5O.ClH/c1-2-11-10(12(19)16-13(14)15)8-18(17-11)9-6-4-3-5-7-9;/h3-8H,2H2,1H3,(H4,14,15,16,19);1H. The van der Waals surface area contributed by atoms with E-state index in [1.54, 1.807) is 10.9 Å². The zero-order valence-corrected chi connectivity index (χ0v) is 11.8. The summed E-state index contributed by atoms with van der Waals surface area (Å²) in [6.45, 7) is 1.92. The Kier molecular flexibility index (Phi) is 5.28. The molecular formula is C13H16ClN5O. The molecule has 20 heavy (non-hydrogen) atoms. The summed E-state index contributed by atoms with van der Waals surface area (Å²) in [6, 6.07) is 9.53. The van der Waals surface area contributed by atoms with Gasteiger partial charge >= 0.3 is 0 Å². The summed E-state index contributed by atoms with van der Waals surface area (Å²) >= 11 is 0. The third kappa shape index (κ3) is 3.36. The maximum absolute atomic E-state index is 11.9. The number of benzene rings is 1. The lowest BCUT2D eigenvalue weighted by Gasteiger charge is -1.98. The smallest absolute Gasteiger partial charge is 0.283 e. The fourth-order valence-electron chi connectivity index (χ4n) is 1.74. The van der Waals surface area contributed by atoms with Gasteiger partial charge in [0, 0.05) is 6.20 Å². The van der Waals surface area contributed by atoms with Gasteiger partial charge in [-0.1, -0.05) is 25.1 Å². The molecule has 6 nitrogen and oxygen atoms in total. The monoisotopic (exact) mass is 293 g/mol. The van der Waals surface area contributed by atoms with Crippen LogP contribution in [0.4, 0.5) is 0 Å². The van der Waals surface area contributed by atoms with Crippen molar-refractivity contribution in [2.75, 3.05) is 0 Å². The van der Waals surface area contributed by atoms with Crippen LogP contribution in [0.3, 0.4) is 0 Å². The Balaban J connectivity index is 0.00000200. The minimum absolute atomic E-state index is 0. The van der Waals surface area contributed by atoms with Gasteiger partial charge < -0.3 is 11.5 Å². The highest BCUT2D eigenvalue weighted by Gasteiger charge is 2.15. The van der Waals surface area contributed by atoms with Crippen LogP contribution in [0.25, 0.3) is 5.69 Å². The average Bonchev–Trinajstić information content (AvgIpc) is 2.83. The van der Waals surface area contributed by atoms with Crippen molar-refractivity contribution in [1.82, 2.24) is 9.78 Å². The van der Waals surface area contributed by atoms with Crippen molar-refractivity contribution < 1.29 is 4.79 Å². The lowest BCUT2D eigenvalue weighted by molar-refractivity contribution is 0.100. The van der Waals surface area contributed by atoms with Gasteiger partial charge in [-0.25, -0.2) is 4.68 Å². The van der Waals surface area contributed by atoms with E-state index in [1.807, 2.05) is 37.3 Å². The Labute approximate surface area is 122 Å². The van der Waals surface area contributed by atoms with Gasteiger partial charge in [0.2, 0.25) is 0 Å². The minimum Gasteiger partial charge on any atom is -0.370 e. The summed E-state index contributed by atoms with van der Waals surface area (Å²) in [5.74, 6) is -0.724. The Hall–Kier alpha value is -2.34. The molecule has 0 aliphatic heterocycles. The summed E-state index contributed by atoms with van der Waals surface area (Å²) in [6.07, 6.45) is 2.27.